The second-order valence-corrected chi connectivity index (χ2v) is 10.3. The van der Waals surface area contributed by atoms with Crippen molar-refractivity contribution in [1.29, 1.82) is 0 Å². The van der Waals surface area contributed by atoms with Crippen molar-refractivity contribution >= 4 is 28.9 Å². The number of aliphatic hydroxyl groups is 2. The van der Waals surface area contributed by atoms with Gasteiger partial charge in [-0.15, -0.1) is 22.9 Å². The van der Waals surface area contributed by atoms with E-state index in [4.69, 9.17) is 16.3 Å². The molecule has 5 atom stereocenters. The van der Waals surface area contributed by atoms with Gasteiger partial charge < -0.3 is 14.9 Å². The molecular weight excluding hydrogens is 444 g/mol. The van der Waals surface area contributed by atoms with Crippen LogP contribution in [0, 0.1) is 5.92 Å². The number of unbranched alkanes of at least 4 members (excludes halogenated alkanes) is 2. The molecule has 1 unspecified atom stereocenters. The highest BCUT2D eigenvalue weighted by molar-refractivity contribution is 7.12. The Morgan fingerprint density at radius 2 is 1.97 bits per heavy atom. The van der Waals surface area contributed by atoms with Crippen molar-refractivity contribution in [1.82, 2.24) is 0 Å². The average Bonchev–Trinajstić information content (AvgIpc) is 3.37. The van der Waals surface area contributed by atoms with Crippen LogP contribution in [0.3, 0.4) is 0 Å². The van der Waals surface area contributed by atoms with Crippen molar-refractivity contribution in [2.24, 2.45) is 5.92 Å². The van der Waals surface area contributed by atoms with Crippen LogP contribution in [-0.4, -0.2) is 34.8 Å². The van der Waals surface area contributed by atoms with Crippen molar-refractivity contribution in [3.63, 3.8) is 0 Å². The van der Waals surface area contributed by atoms with Crippen LogP contribution in [-0.2, 0) is 11.2 Å². The lowest BCUT2D eigenvalue weighted by Gasteiger charge is -2.24. The number of carbonyl (C=O) groups is 1. The number of esters is 1. The van der Waals surface area contributed by atoms with Crippen LogP contribution in [0.4, 0.5) is 0 Å². The fraction of sp³-hybridized carbons (Fsp3) is 0.577. The highest BCUT2D eigenvalue weighted by Crippen LogP contribution is 2.45. The Balaban J connectivity index is 1.63. The topological polar surface area (TPSA) is 66.8 Å². The number of rotatable bonds is 11. The number of halogens is 1. The van der Waals surface area contributed by atoms with Gasteiger partial charge in [0.15, 0.2) is 0 Å². The van der Waals surface area contributed by atoms with Crippen molar-refractivity contribution in [2.75, 3.05) is 7.11 Å². The van der Waals surface area contributed by atoms with Crippen LogP contribution in [0.1, 0.15) is 90.3 Å². The third-order valence-electron chi connectivity index (χ3n) is 6.70. The van der Waals surface area contributed by atoms with E-state index in [1.54, 1.807) is 0 Å². The van der Waals surface area contributed by atoms with Crippen molar-refractivity contribution in [3.8, 4) is 0 Å². The predicted molar refractivity (Wildman–Crippen MR) is 131 cm³/mol. The van der Waals surface area contributed by atoms with Gasteiger partial charge in [-0.1, -0.05) is 50.5 Å². The first-order chi connectivity index (χ1) is 15.5. The van der Waals surface area contributed by atoms with Crippen LogP contribution >= 0.6 is 22.9 Å². The molecule has 1 heterocycles. The molecule has 1 aliphatic carbocycles. The van der Waals surface area contributed by atoms with Crippen LogP contribution in [0.25, 0.3) is 0 Å². The molecule has 3 rings (SSSR count). The van der Waals surface area contributed by atoms with Gasteiger partial charge in [-0.25, -0.2) is 4.79 Å². The summed E-state index contributed by atoms with van der Waals surface area (Å²) in [6.45, 7) is 2.16. The largest absolute Gasteiger partial charge is 0.465 e. The van der Waals surface area contributed by atoms with E-state index in [0.29, 0.717) is 11.3 Å². The standard InChI is InChI=1S/C26H35ClO4S/c1-3-4-5-9-22(28)17-10-12-18(13-11-17)24-20(21(27)16-23(24)29)8-6-7-19-14-15-32-25(19)26(30)31-2/h10-15,20-24,28-29H,3-9,16H2,1-2H3/t20-,21+,22?,23+,24+/m0/s1. The molecule has 0 amide bonds. The van der Waals surface area contributed by atoms with E-state index in [-0.39, 0.29) is 23.2 Å². The summed E-state index contributed by atoms with van der Waals surface area (Å²) in [6.07, 6.45) is 6.34. The number of thiophene rings is 1. The third-order valence-corrected chi connectivity index (χ3v) is 8.13. The van der Waals surface area contributed by atoms with Crippen molar-refractivity contribution in [2.45, 2.75) is 81.8 Å². The Morgan fingerprint density at radius 1 is 1.22 bits per heavy atom. The fourth-order valence-corrected chi connectivity index (χ4v) is 6.25. The monoisotopic (exact) mass is 478 g/mol. The molecule has 1 saturated carbocycles. The maximum absolute atomic E-state index is 11.9. The summed E-state index contributed by atoms with van der Waals surface area (Å²) in [5.41, 5.74) is 3.04. The summed E-state index contributed by atoms with van der Waals surface area (Å²) < 4.78 is 4.87. The van der Waals surface area contributed by atoms with Gasteiger partial charge in [0.05, 0.1) is 19.3 Å². The minimum absolute atomic E-state index is 0.00802. The molecule has 1 aromatic heterocycles. The summed E-state index contributed by atoms with van der Waals surface area (Å²) in [6, 6.07) is 10.1. The summed E-state index contributed by atoms with van der Waals surface area (Å²) in [4.78, 5) is 12.6. The average molecular weight is 479 g/mol. The van der Waals surface area contributed by atoms with Crippen LogP contribution in [0.2, 0.25) is 0 Å². The van der Waals surface area contributed by atoms with Gasteiger partial charge in [0, 0.05) is 11.3 Å². The lowest BCUT2D eigenvalue weighted by molar-refractivity contribution is 0.0605. The third kappa shape index (κ3) is 6.13. The molecule has 0 saturated heterocycles. The first-order valence-corrected chi connectivity index (χ1v) is 13.0. The maximum Gasteiger partial charge on any atom is 0.348 e. The fourth-order valence-electron chi connectivity index (χ4n) is 4.92. The van der Waals surface area contributed by atoms with E-state index in [1.807, 2.05) is 35.7 Å². The molecule has 1 aliphatic rings. The van der Waals surface area contributed by atoms with Crippen LogP contribution in [0.15, 0.2) is 35.7 Å². The van der Waals surface area contributed by atoms with Gasteiger partial charge in [0.25, 0.3) is 0 Å². The van der Waals surface area contributed by atoms with Crippen LogP contribution < -0.4 is 0 Å². The summed E-state index contributed by atoms with van der Waals surface area (Å²) >= 11 is 8.07. The molecule has 1 fully saturated rings. The number of hydrogen-bond acceptors (Lipinski definition) is 5. The Labute approximate surface area is 200 Å². The molecule has 2 aromatic rings. The van der Waals surface area contributed by atoms with Gasteiger partial charge in [0.2, 0.25) is 0 Å². The first-order valence-electron chi connectivity index (χ1n) is 11.7. The lowest BCUT2D eigenvalue weighted by Crippen LogP contribution is -2.19. The van der Waals surface area contributed by atoms with E-state index >= 15 is 0 Å². The second-order valence-electron chi connectivity index (χ2n) is 8.85. The SMILES string of the molecule is CCCCCC(O)c1ccc([C@@H]2[C@@H](CCCc3ccsc3C(=O)OC)[C@H](Cl)C[C@H]2O)cc1. The summed E-state index contributed by atoms with van der Waals surface area (Å²) in [5.74, 6) is -0.116. The normalized spacial score (nSPS) is 23.9. The van der Waals surface area contributed by atoms with Crippen LogP contribution in [0.5, 0.6) is 0 Å². The highest BCUT2D eigenvalue weighted by Gasteiger charge is 2.42. The van der Waals surface area contributed by atoms with E-state index in [1.165, 1.54) is 18.4 Å². The minimum Gasteiger partial charge on any atom is -0.465 e. The summed E-state index contributed by atoms with van der Waals surface area (Å²) in [5, 5.41) is 23.0. The number of methoxy groups -OCH3 is 1. The Bertz CT molecular complexity index is 850. The number of aryl methyl sites for hydroxylation is 1. The van der Waals surface area contributed by atoms with Gasteiger partial charge in [-0.3, -0.25) is 0 Å². The molecule has 4 nitrogen and oxygen atoms in total. The molecule has 0 radical (unpaired) electrons. The molecular formula is C26H35ClO4S. The molecule has 6 heteroatoms. The molecule has 0 aliphatic heterocycles. The quantitative estimate of drug-likeness (QED) is 0.228. The van der Waals surface area contributed by atoms with E-state index in [0.717, 1.165) is 61.6 Å². The molecule has 1 aromatic carbocycles. The Hall–Kier alpha value is -1.40. The van der Waals surface area contributed by atoms with Gasteiger partial charge in [-0.2, -0.15) is 0 Å². The van der Waals surface area contributed by atoms with Gasteiger partial charge in [0.1, 0.15) is 4.88 Å². The second kappa shape index (κ2) is 12.2. The molecule has 0 bridgehead atoms. The number of aliphatic hydroxyl groups excluding tert-OH is 2. The van der Waals surface area contributed by atoms with Gasteiger partial charge >= 0.3 is 5.97 Å². The smallest absolute Gasteiger partial charge is 0.348 e. The van der Waals surface area contributed by atoms with Crippen molar-refractivity contribution in [3.05, 3.63) is 57.3 Å². The Morgan fingerprint density at radius 3 is 2.66 bits per heavy atom. The van der Waals surface area contributed by atoms with E-state index in [2.05, 4.69) is 6.92 Å². The number of ether oxygens (including phenoxy) is 1. The number of alkyl halides is 1. The zero-order chi connectivity index (χ0) is 23.1. The molecule has 176 valence electrons. The zero-order valence-electron chi connectivity index (χ0n) is 19.0. The van der Waals surface area contributed by atoms with E-state index < -0.39 is 12.2 Å². The molecule has 2 N–H and O–H groups in total. The van der Waals surface area contributed by atoms with Gasteiger partial charge in [-0.05, 0) is 66.2 Å². The molecule has 0 spiro atoms. The first kappa shape index (κ1) is 25.2. The molecule has 32 heavy (non-hydrogen) atoms. The number of benzene rings is 1. The summed E-state index contributed by atoms with van der Waals surface area (Å²) in [7, 11) is 1.41. The maximum atomic E-state index is 11.9. The Kier molecular flexibility index (Phi) is 9.60. The number of hydrogen-bond donors (Lipinski definition) is 2. The highest BCUT2D eigenvalue weighted by atomic mass is 35.5. The van der Waals surface area contributed by atoms with Crippen molar-refractivity contribution < 1.29 is 19.7 Å². The predicted octanol–water partition coefficient (Wildman–Crippen LogP) is 6.24. The van der Waals surface area contributed by atoms with E-state index in [9.17, 15) is 15.0 Å². The number of carbonyl (C=O) groups excluding carboxylic acids is 1. The zero-order valence-corrected chi connectivity index (χ0v) is 20.6. The lowest BCUT2D eigenvalue weighted by atomic mass is 9.83. The minimum atomic E-state index is -0.463.